The SMILES string of the molecule is Cc1ccc(OC(C)C(O)O)cc1. The molecule has 0 saturated carbocycles. The van der Waals surface area contributed by atoms with Gasteiger partial charge in [-0.1, -0.05) is 17.7 Å². The number of aliphatic hydroxyl groups is 2. The third kappa shape index (κ3) is 3.05. The van der Waals surface area contributed by atoms with Gasteiger partial charge in [0, 0.05) is 0 Å². The smallest absolute Gasteiger partial charge is 0.189 e. The Labute approximate surface area is 77.6 Å². The largest absolute Gasteiger partial charge is 0.485 e. The molecule has 0 spiro atoms. The van der Waals surface area contributed by atoms with Gasteiger partial charge in [0.15, 0.2) is 6.29 Å². The Kier molecular flexibility index (Phi) is 3.28. The number of ether oxygens (including phenoxy) is 1. The lowest BCUT2D eigenvalue weighted by molar-refractivity contribution is -0.105. The van der Waals surface area contributed by atoms with Gasteiger partial charge in [-0.25, -0.2) is 0 Å². The molecule has 0 bridgehead atoms. The zero-order valence-electron chi connectivity index (χ0n) is 7.77. The maximum Gasteiger partial charge on any atom is 0.189 e. The van der Waals surface area contributed by atoms with Crippen molar-refractivity contribution in [3.63, 3.8) is 0 Å². The van der Waals surface area contributed by atoms with E-state index in [-0.39, 0.29) is 0 Å². The molecule has 2 N–H and O–H groups in total. The first-order valence-corrected chi connectivity index (χ1v) is 4.19. The topological polar surface area (TPSA) is 49.7 Å². The minimum absolute atomic E-state index is 0.609. The van der Waals surface area contributed by atoms with E-state index in [4.69, 9.17) is 14.9 Å². The molecular formula is C10H14O3. The van der Waals surface area contributed by atoms with Crippen molar-refractivity contribution >= 4 is 0 Å². The molecule has 0 aliphatic rings. The second-order valence-corrected chi connectivity index (χ2v) is 3.05. The van der Waals surface area contributed by atoms with E-state index >= 15 is 0 Å². The molecule has 1 atom stereocenters. The summed E-state index contributed by atoms with van der Waals surface area (Å²) in [5, 5.41) is 17.5. The Bertz CT molecular complexity index is 253. The van der Waals surface area contributed by atoms with E-state index in [0.29, 0.717) is 5.75 Å². The van der Waals surface area contributed by atoms with E-state index in [9.17, 15) is 0 Å². The minimum atomic E-state index is -1.44. The summed E-state index contributed by atoms with van der Waals surface area (Å²) >= 11 is 0. The molecule has 3 heteroatoms. The molecule has 1 aromatic rings. The summed E-state index contributed by atoms with van der Waals surface area (Å²) in [7, 11) is 0. The van der Waals surface area contributed by atoms with Crippen LogP contribution in [0.25, 0.3) is 0 Å². The maximum atomic E-state index is 8.77. The van der Waals surface area contributed by atoms with Crippen molar-refractivity contribution < 1.29 is 14.9 Å². The first-order valence-electron chi connectivity index (χ1n) is 4.19. The molecule has 3 nitrogen and oxygen atoms in total. The fraction of sp³-hybridized carbons (Fsp3) is 0.400. The lowest BCUT2D eigenvalue weighted by Gasteiger charge is -2.15. The first kappa shape index (κ1) is 10.0. The molecular weight excluding hydrogens is 168 g/mol. The van der Waals surface area contributed by atoms with Crippen LogP contribution in [0.1, 0.15) is 12.5 Å². The minimum Gasteiger partial charge on any atom is -0.485 e. The third-order valence-corrected chi connectivity index (χ3v) is 1.76. The van der Waals surface area contributed by atoms with E-state index in [0.717, 1.165) is 5.56 Å². The van der Waals surface area contributed by atoms with Gasteiger partial charge in [0.25, 0.3) is 0 Å². The highest BCUT2D eigenvalue weighted by atomic mass is 16.6. The van der Waals surface area contributed by atoms with Crippen LogP contribution in [0.4, 0.5) is 0 Å². The van der Waals surface area contributed by atoms with Crippen molar-refractivity contribution in [2.24, 2.45) is 0 Å². The van der Waals surface area contributed by atoms with Gasteiger partial charge in [-0.15, -0.1) is 0 Å². The van der Waals surface area contributed by atoms with Crippen LogP contribution < -0.4 is 4.74 Å². The van der Waals surface area contributed by atoms with Crippen molar-refractivity contribution in [2.75, 3.05) is 0 Å². The van der Waals surface area contributed by atoms with Crippen LogP contribution in [0.2, 0.25) is 0 Å². The van der Waals surface area contributed by atoms with Gasteiger partial charge < -0.3 is 14.9 Å². The van der Waals surface area contributed by atoms with E-state index in [1.807, 2.05) is 19.1 Å². The van der Waals surface area contributed by atoms with Gasteiger partial charge in [0.2, 0.25) is 0 Å². The third-order valence-electron chi connectivity index (χ3n) is 1.76. The summed E-state index contributed by atoms with van der Waals surface area (Å²) in [6.45, 7) is 3.58. The predicted molar refractivity (Wildman–Crippen MR) is 49.5 cm³/mol. The number of hydrogen-bond donors (Lipinski definition) is 2. The zero-order valence-corrected chi connectivity index (χ0v) is 7.77. The standard InChI is InChI=1S/C10H14O3/c1-7-3-5-9(6-4-7)13-8(2)10(11)12/h3-6,8,10-12H,1-2H3. The Morgan fingerprint density at radius 3 is 2.15 bits per heavy atom. The van der Waals surface area contributed by atoms with Gasteiger partial charge in [-0.3, -0.25) is 0 Å². The number of hydrogen-bond acceptors (Lipinski definition) is 3. The summed E-state index contributed by atoms with van der Waals surface area (Å²) in [5.41, 5.74) is 1.14. The van der Waals surface area contributed by atoms with E-state index in [2.05, 4.69) is 0 Å². The van der Waals surface area contributed by atoms with Crippen LogP contribution in [0.5, 0.6) is 5.75 Å². The predicted octanol–water partition coefficient (Wildman–Crippen LogP) is 1.07. The second kappa shape index (κ2) is 4.25. The van der Waals surface area contributed by atoms with Gasteiger partial charge >= 0.3 is 0 Å². The molecule has 72 valence electrons. The fourth-order valence-electron chi connectivity index (χ4n) is 0.892. The molecule has 0 aliphatic carbocycles. The summed E-state index contributed by atoms with van der Waals surface area (Å²) in [6.07, 6.45) is -2.05. The number of aliphatic hydroxyl groups excluding tert-OH is 1. The maximum absolute atomic E-state index is 8.77. The number of aryl methyl sites for hydroxylation is 1. The summed E-state index contributed by atoms with van der Waals surface area (Å²) in [6, 6.07) is 7.42. The number of rotatable bonds is 3. The molecule has 0 heterocycles. The Balaban J connectivity index is 2.59. The van der Waals surface area contributed by atoms with Crippen molar-refractivity contribution in [1.29, 1.82) is 0 Å². The van der Waals surface area contributed by atoms with Gasteiger partial charge in [-0.2, -0.15) is 0 Å². The van der Waals surface area contributed by atoms with Crippen LogP contribution in [0, 0.1) is 6.92 Å². The van der Waals surface area contributed by atoms with Gasteiger partial charge in [-0.05, 0) is 26.0 Å². The Morgan fingerprint density at radius 1 is 1.15 bits per heavy atom. The van der Waals surface area contributed by atoms with E-state index < -0.39 is 12.4 Å². The van der Waals surface area contributed by atoms with Crippen LogP contribution in [-0.2, 0) is 0 Å². The van der Waals surface area contributed by atoms with Crippen LogP contribution in [0.3, 0.4) is 0 Å². The Morgan fingerprint density at radius 2 is 1.69 bits per heavy atom. The van der Waals surface area contributed by atoms with Crippen LogP contribution in [0.15, 0.2) is 24.3 Å². The average molecular weight is 182 g/mol. The van der Waals surface area contributed by atoms with E-state index in [1.54, 1.807) is 19.1 Å². The molecule has 0 radical (unpaired) electrons. The monoisotopic (exact) mass is 182 g/mol. The fourth-order valence-corrected chi connectivity index (χ4v) is 0.892. The molecule has 0 aromatic heterocycles. The van der Waals surface area contributed by atoms with Crippen molar-refractivity contribution in [3.05, 3.63) is 29.8 Å². The molecule has 0 fully saturated rings. The lowest BCUT2D eigenvalue weighted by Crippen LogP contribution is -2.27. The Hall–Kier alpha value is -1.06. The van der Waals surface area contributed by atoms with Gasteiger partial charge in [0.05, 0.1) is 0 Å². The second-order valence-electron chi connectivity index (χ2n) is 3.05. The summed E-state index contributed by atoms with van der Waals surface area (Å²) in [5.74, 6) is 0.645. The molecule has 1 rings (SSSR count). The van der Waals surface area contributed by atoms with Gasteiger partial charge in [0.1, 0.15) is 11.9 Å². The van der Waals surface area contributed by atoms with Crippen molar-refractivity contribution in [2.45, 2.75) is 26.2 Å². The van der Waals surface area contributed by atoms with Crippen molar-refractivity contribution in [3.8, 4) is 5.75 Å². The highest BCUT2D eigenvalue weighted by molar-refractivity contribution is 5.26. The first-order chi connectivity index (χ1) is 6.09. The van der Waals surface area contributed by atoms with Crippen molar-refractivity contribution in [1.82, 2.24) is 0 Å². The van der Waals surface area contributed by atoms with Crippen LogP contribution >= 0.6 is 0 Å². The van der Waals surface area contributed by atoms with E-state index in [1.165, 1.54) is 0 Å². The zero-order chi connectivity index (χ0) is 9.84. The molecule has 0 amide bonds. The summed E-state index contributed by atoms with van der Waals surface area (Å²) < 4.78 is 5.23. The van der Waals surface area contributed by atoms with Crippen LogP contribution in [-0.4, -0.2) is 22.6 Å². The lowest BCUT2D eigenvalue weighted by atomic mass is 10.2. The molecule has 1 aromatic carbocycles. The summed E-state index contributed by atoms with van der Waals surface area (Å²) in [4.78, 5) is 0. The number of benzene rings is 1. The quantitative estimate of drug-likeness (QED) is 0.687. The molecule has 1 unspecified atom stereocenters. The highest BCUT2D eigenvalue weighted by Gasteiger charge is 2.11. The molecule has 0 saturated heterocycles. The highest BCUT2D eigenvalue weighted by Crippen LogP contribution is 2.13. The normalized spacial score (nSPS) is 13.0. The molecule has 0 aliphatic heterocycles. The molecule has 13 heavy (non-hydrogen) atoms. The average Bonchev–Trinajstić information content (AvgIpc) is 2.08.